The van der Waals surface area contributed by atoms with Gasteiger partial charge >= 0.3 is 6.03 Å². The number of hydrogen-bond acceptors (Lipinski definition) is 4. The molecule has 0 radical (unpaired) electrons. The van der Waals surface area contributed by atoms with Crippen LogP contribution in [0.3, 0.4) is 0 Å². The highest BCUT2D eigenvalue weighted by atomic mass is 16.5. The molecule has 0 saturated carbocycles. The van der Waals surface area contributed by atoms with Gasteiger partial charge in [0.25, 0.3) is 0 Å². The number of carbonyl (C=O) groups is 1. The molecule has 2 rings (SSSR count). The Kier molecular flexibility index (Phi) is 6.21. The van der Waals surface area contributed by atoms with Crippen molar-refractivity contribution in [2.24, 2.45) is 0 Å². The highest BCUT2D eigenvalue weighted by Crippen LogP contribution is 2.11. The van der Waals surface area contributed by atoms with Gasteiger partial charge in [0.05, 0.1) is 37.2 Å². The summed E-state index contributed by atoms with van der Waals surface area (Å²) in [6.07, 6.45) is 1.94. The van der Waals surface area contributed by atoms with Crippen molar-refractivity contribution in [3.63, 3.8) is 0 Å². The van der Waals surface area contributed by atoms with Crippen LogP contribution in [0.25, 0.3) is 0 Å². The van der Waals surface area contributed by atoms with Crippen molar-refractivity contribution in [1.82, 2.24) is 20.4 Å². The number of amides is 2. The third kappa shape index (κ3) is 4.45. The van der Waals surface area contributed by atoms with E-state index in [1.165, 1.54) is 0 Å². The number of aromatic amines is 1. The Morgan fingerprint density at radius 3 is 3.09 bits per heavy atom. The molecule has 1 aromatic rings. The summed E-state index contributed by atoms with van der Waals surface area (Å²) in [5.74, 6) is 0. The number of H-pyrrole nitrogens is 1. The van der Waals surface area contributed by atoms with Gasteiger partial charge in [0.1, 0.15) is 6.10 Å². The third-order valence-corrected chi connectivity index (χ3v) is 3.66. The van der Waals surface area contributed by atoms with E-state index in [1.54, 1.807) is 11.9 Å². The smallest absolute Gasteiger partial charge is 0.317 e. The van der Waals surface area contributed by atoms with E-state index in [2.05, 4.69) is 22.4 Å². The molecule has 1 saturated heterocycles. The lowest BCUT2D eigenvalue weighted by atomic mass is 10.2. The molecule has 2 N–H and O–H groups in total. The van der Waals surface area contributed by atoms with Crippen LogP contribution in [0.4, 0.5) is 4.79 Å². The van der Waals surface area contributed by atoms with E-state index in [-0.39, 0.29) is 18.2 Å². The molecule has 2 atom stereocenters. The van der Waals surface area contributed by atoms with Gasteiger partial charge in [-0.05, 0) is 19.4 Å². The Hall–Kier alpha value is -1.60. The summed E-state index contributed by atoms with van der Waals surface area (Å²) < 4.78 is 10.9. The molecular formula is C15H26N4O3. The molecule has 124 valence electrons. The number of nitrogens with one attached hydrogen (secondary N) is 2. The molecule has 7 nitrogen and oxygen atoms in total. The Balaban J connectivity index is 1.83. The monoisotopic (exact) mass is 310 g/mol. The summed E-state index contributed by atoms with van der Waals surface area (Å²) in [5, 5.41) is 10.2. The Morgan fingerprint density at radius 2 is 2.36 bits per heavy atom. The topological polar surface area (TPSA) is 79.5 Å². The van der Waals surface area contributed by atoms with E-state index in [4.69, 9.17) is 9.47 Å². The van der Waals surface area contributed by atoms with E-state index in [0.717, 1.165) is 24.2 Å². The van der Waals surface area contributed by atoms with E-state index < -0.39 is 0 Å². The van der Waals surface area contributed by atoms with Crippen molar-refractivity contribution in [3.8, 4) is 0 Å². The predicted octanol–water partition coefficient (Wildman–Crippen LogP) is 1.31. The van der Waals surface area contributed by atoms with Crippen molar-refractivity contribution in [2.45, 2.75) is 45.4 Å². The van der Waals surface area contributed by atoms with Gasteiger partial charge in [-0.25, -0.2) is 4.79 Å². The second-order valence-electron chi connectivity index (χ2n) is 5.58. The highest BCUT2D eigenvalue weighted by Gasteiger charge is 2.30. The first kappa shape index (κ1) is 16.8. The van der Waals surface area contributed by atoms with Crippen LogP contribution in [0.1, 0.15) is 31.7 Å². The summed E-state index contributed by atoms with van der Waals surface area (Å²) in [6, 6.07) is 1.79. The fourth-order valence-corrected chi connectivity index (χ4v) is 2.52. The fraction of sp³-hybridized carbons (Fsp3) is 0.733. The Bertz CT molecular complexity index is 477. The van der Waals surface area contributed by atoms with Crippen LogP contribution in [-0.4, -0.2) is 60.1 Å². The summed E-state index contributed by atoms with van der Waals surface area (Å²) in [7, 11) is 1.77. The van der Waals surface area contributed by atoms with Crippen molar-refractivity contribution < 1.29 is 14.3 Å². The van der Waals surface area contributed by atoms with Gasteiger partial charge < -0.3 is 19.7 Å². The molecule has 2 amide bonds. The molecule has 2 unspecified atom stereocenters. The maximum atomic E-state index is 12.3. The second-order valence-corrected chi connectivity index (χ2v) is 5.58. The van der Waals surface area contributed by atoms with Gasteiger partial charge in [-0.3, -0.25) is 5.10 Å². The maximum Gasteiger partial charge on any atom is 0.317 e. The minimum Gasteiger partial charge on any atom is -0.376 e. The number of aromatic nitrogens is 2. The fourth-order valence-electron chi connectivity index (χ4n) is 2.52. The zero-order chi connectivity index (χ0) is 15.9. The molecular weight excluding hydrogens is 284 g/mol. The molecule has 0 bridgehead atoms. The minimum absolute atomic E-state index is 0.0642. The SMILES string of the molecule is CCCc1cc(CN(C)C(=O)NC2COCC2OCC)[nH]n1. The van der Waals surface area contributed by atoms with Gasteiger partial charge in [-0.1, -0.05) is 13.3 Å². The van der Waals surface area contributed by atoms with E-state index in [0.29, 0.717) is 26.4 Å². The van der Waals surface area contributed by atoms with Gasteiger partial charge in [-0.2, -0.15) is 5.10 Å². The lowest BCUT2D eigenvalue weighted by Gasteiger charge is -2.23. The summed E-state index contributed by atoms with van der Waals surface area (Å²) in [6.45, 7) is 6.19. The zero-order valence-electron chi connectivity index (χ0n) is 13.6. The number of nitrogens with zero attached hydrogens (tertiary/aromatic N) is 2. The van der Waals surface area contributed by atoms with Crippen molar-refractivity contribution in [1.29, 1.82) is 0 Å². The molecule has 2 heterocycles. The molecule has 0 aliphatic carbocycles. The molecule has 0 spiro atoms. The highest BCUT2D eigenvalue weighted by molar-refractivity contribution is 5.74. The predicted molar refractivity (Wildman–Crippen MR) is 82.6 cm³/mol. The largest absolute Gasteiger partial charge is 0.376 e. The Morgan fingerprint density at radius 1 is 1.55 bits per heavy atom. The number of carbonyl (C=O) groups excluding carboxylic acids is 1. The minimum atomic E-state index is -0.133. The second kappa shape index (κ2) is 8.14. The molecule has 1 aliphatic rings. The Labute approximate surface area is 131 Å². The number of hydrogen-bond donors (Lipinski definition) is 2. The van der Waals surface area contributed by atoms with Crippen LogP contribution < -0.4 is 5.32 Å². The van der Waals surface area contributed by atoms with Crippen molar-refractivity contribution in [2.75, 3.05) is 26.9 Å². The third-order valence-electron chi connectivity index (χ3n) is 3.66. The van der Waals surface area contributed by atoms with Gasteiger partial charge in [0.15, 0.2) is 0 Å². The lowest BCUT2D eigenvalue weighted by molar-refractivity contribution is 0.0419. The first-order valence-electron chi connectivity index (χ1n) is 7.88. The molecule has 1 aromatic heterocycles. The standard InChI is InChI=1S/C15H26N4O3/c1-4-6-11-7-12(18-17-11)8-19(3)15(20)16-13-9-21-10-14(13)22-5-2/h7,13-14H,4-6,8-10H2,1-3H3,(H,16,20)(H,17,18). The normalized spacial score (nSPS) is 21.0. The van der Waals surface area contributed by atoms with Crippen LogP contribution >= 0.6 is 0 Å². The van der Waals surface area contributed by atoms with Crippen LogP contribution in [0.5, 0.6) is 0 Å². The van der Waals surface area contributed by atoms with Crippen LogP contribution in [0.2, 0.25) is 0 Å². The number of rotatable bonds is 7. The number of ether oxygens (including phenoxy) is 2. The van der Waals surface area contributed by atoms with Gasteiger partial charge in [0.2, 0.25) is 0 Å². The summed E-state index contributed by atoms with van der Waals surface area (Å²) >= 11 is 0. The molecule has 7 heteroatoms. The summed E-state index contributed by atoms with van der Waals surface area (Å²) in [5.41, 5.74) is 1.97. The van der Waals surface area contributed by atoms with Gasteiger partial charge in [-0.15, -0.1) is 0 Å². The van der Waals surface area contributed by atoms with E-state index in [9.17, 15) is 4.79 Å². The molecule has 1 fully saturated rings. The first-order chi connectivity index (χ1) is 10.6. The van der Waals surface area contributed by atoms with Crippen molar-refractivity contribution >= 4 is 6.03 Å². The summed E-state index contributed by atoms with van der Waals surface area (Å²) in [4.78, 5) is 13.9. The van der Waals surface area contributed by atoms with Crippen LogP contribution in [0, 0.1) is 0 Å². The molecule has 1 aliphatic heterocycles. The van der Waals surface area contributed by atoms with E-state index in [1.807, 2.05) is 13.0 Å². The molecule has 0 aromatic carbocycles. The average molecular weight is 310 g/mol. The lowest BCUT2D eigenvalue weighted by Crippen LogP contribution is -2.48. The van der Waals surface area contributed by atoms with Crippen LogP contribution in [0.15, 0.2) is 6.07 Å². The zero-order valence-corrected chi connectivity index (χ0v) is 13.6. The number of urea groups is 1. The first-order valence-corrected chi connectivity index (χ1v) is 7.88. The van der Waals surface area contributed by atoms with E-state index >= 15 is 0 Å². The van der Waals surface area contributed by atoms with Crippen LogP contribution in [-0.2, 0) is 22.4 Å². The van der Waals surface area contributed by atoms with Crippen molar-refractivity contribution in [3.05, 3.63) is 17.5 Å². The average Bonchev–Trinajstić information content (AvgIpc) is 3.10. The molecule has 22 heavy (non-hydrogen) atoms. The number of aryl methyl sites for hydroxylation is 1. The quantitative estimate of drug-likeness (QED) is 0.796. The van der Waals surface area contributed by atoms with Gasteiger partial charge in [0, 0.05) is 13.7 Å². The maximum absolute atomic E-state index is 12.3.